The average molecular weight is 478 g/mol. The van der Waals surface area contributed by atoms with Crippen LogP contribution in [0.2, 0.25) is 0 Å². The van der Waals surface area contributed by atoms with Crippen LogP contribution in [0.15, 0.2) is 91.0 Å². The van der Waals surface area contributed by atoms with Gasteiger partial charge in [-0.2, -0.15) is 0 Å². The van der Waals surface area contributed by atoms with Crippen LogP contribution in [-0.4, -0.2) is 11.5 Å². The fourth-order valence-corrected chi connectivity index (χ4v) is 11.7. The van der Waals surface area contributed by atoms with Gasteiger partial charge in [0.05, 0.1) is 0 Å². The van der Waals surface area contributed by atoms with Gasteiger partial charge in [-0.15, -0.1) is 0 Å². The van der Waals surface area contributed by atoms with Crippen molar-refractivity contribution < 1.29 is 0 Å². The summed E-state index contributed by atoms with van der Waals surface area (Å²) in [6.45, 7) is 0. The van der Waals surface area contributed by atoms with E-state index in [1.54, 1.807) is 0 Å². The third-order valence-electron chi connectivity index (χ3n) is 4.85. The standard InChI is InChI=1S/C22H23Br2P/c23-18-10-11-19-25(24,20-12-4-1-5-13-20,21-14-6-2-7-15-21)22-16-8-3-9-17-22/h1-9,12-17H,10-11,18-19H2. The van der Waals surface area contributed by atoms with Gasteiger partial charge < -0.3 is 0 Å². The number of rotatable bonds is 7. The molecule has 0 amide bonds. The van der Waals surface area contributed by atoms with Crippen LogP contribution in [0.25, 0.3) is 0 Å². The summed E-state index contributed by atoms with van der Waals surface area (Å²) in [6, 6.07) is 33.0. The molecule has 130 valence electrons. The summed E-state index contributed by atoms with van der Waals surface area (Å²) in [5.41, 5.74) is 0. The number of alkyl halides is 1. The summed E-state index contributed by atoms with van der Waals surface area (Å²) in [5, 5.41) is 2.58. The van der Waals surface area contributed by atoms with Crippen LogP contribution in [0.5, 0.6) is 0 Å². The van der Waals surface area contributed by atoms with Gasteiger partial charge in [0.25, 0.3) is 0 Å². The van der Waals surface area contributed by atoms with E-state index in [2.05, 4.69) is 122 Å². The van der Waals surface area contributed by atoms with E-state index in [-0.39, 0.29) is 0 Å². The van der Waals surface area contributed by atoms with E-state index in [1.165, 1.54) is 28.8 Å². The van der Waals surface area contributed by atoms with Crippen molar-refractivity contribution in [2.75, 3.05) is 11.5 Å². The van der Waals surface area contributed by atoms with E-state index in [0.717, 1.165) is 11.5 Å². The Morgan fingerprint density at radius 2 is 0.920 bits per heavy atom. The number of hydrogen-bond donors (Lipinski definition) is 0. The van der Waals surface area contributed by atoms with Crippen LogP contribution in [-0.2, 0) is 0 Å². The van der Waals surface area contributed by atoms with Crippen LogP contribution >= 0.6 is 36.7 Å². The summed E-state index contributed by atoms with van der Waals surface area (Å²) < 4.78 is 0. The van der Waals surface area contributed by atoms with Gasteiger partial charge in [0.15, 0.2) is 0 Å². The summed E-state index contributed by atoms with van der Waals surface area (Å²) in [5.74, 6) is 0. The molecular weight excluding hydrogens is 455 g/mol. The maximum atomic E-state index is 4.46. The van der Waals surface area contributed by atoms with Gasteiger partial charge in [-0.1, -0.05) is 0 Å². The van der Waals surface area contributed by atoms with Crippen molar-refractivity contribution in [1.29, 1.82) is 0 Å². The number of hydrogen-bond acceptors (Lipinski definition) is 0. The second-order valence-corrected chi connectivity index (χ2v) is 16.2. The van der Waals surface area contributed by atoms with E-state index in [4.69, 9.17) is 0 Å². The molecule has 0 saturated carbocycles. The Balaban J connectivity index is 2.32. The molecule has 3 rings (SSSR count). The van der Waals surface area contributed by atoms with E-state index in [1.807, 2.05) is 0 Å². The van der Waals surface area contributed by atoms with Crippen LogP contribution in [0.3, 0.4) is 0 Å². The first-order valence-electron chi connectivity index (χ1n) is 8.66. The first-order valence-corrected chi connectivity index (χ1v) is 14.2. The first kappa shape index (κ1) is 18.8. The van der Waals surface area contributed by atoms with Gasteiger partial charge in [0.2, 0.25) is 0 Å². The zero-order valence-electron chi connectivity index (χ0n) is 14.2. The van der Waals surface area contributed by atoms with E-state index < -0.39 is 5.31 Å². The molecule has 3 aromatic carbocycles. The molecule has 0 aromatic heterocycles. The van der Waals surface area contributed by atoms with Crippen molar-refractivity contribution in [1.82, 2.24) is 0 Å². The molecule has 0 aliphatic carbocycles. The topological polar surface area (TPSA) is 0 Å². The Morgan fingerprint density at radius 1 is 0.560 bits per heavy atom. The number of unbranched alkanes of at least 4 members (excludes halogenated alkanes) is 1. The number of halogens is 2. The summed E-state index contributed by atoms with van der Waals surface area (Å²) in [4.78, 5) is 0. The Morgan fingerprint density at radius 3 is 1.24 bits per heavy atom. The second kappa shape index (κ2) is 8.16. The van der Waals surface area contributed by atoms with Crippen molar-refractivity contribution in [3.8, 4) is 0 Å². The van der Waals surface area contributed by atoms with Gasteiger partial charge in [0, 0.05) is 0 Å². The van der Waals surface area contributed by atoms with Crippen LogP contribution in [0.4, 0.5) is 0 Å². The van der Waals surface area contributed by atoms with Crippen LogP contribution < -0.4 is 15.9 Å². The third kappa shape index (κ3) is 3.50. The maximum absolute atomic E-state index is 4.46. The van der Waals surface area contributed by atoms with Crippen molar-refractivity contribution in [2.24, 2.45) is 0 Å². The van der Waals surface area contributed by atoms with E-state index >= 15 is 0 Å². The van der Waals surface area contributed by atoms with Gasteiger partial charge in [-0.3, -0.25) is 0 Å². The van der Waals surface area contributed by atoms with Crippen molar-refractivity contribution in [3.63, 3.8) is 0 Å². The van der Waals surface area contributed by atoms with Gasteiger partial charge in [-0.05, 0) is 0 Å². The summed E-state index contributed by atoms with van der Waals surface area (Å²) in [7, 11) is 0. The molecule has 0 N–H and O–H groups in total. The van der Waals surface area contributed by atoms with Crippen molar-refractivity contribution in [3.05, 3.63) is 91.0 Å². The Kier molecular flexibility index (Phi) is 6.15. The minimum atomic E-state index is -2.68. The zero-order chi connectivity index (χ0) is 17.6. The molecule has 0 radical (unpaired) electrons. The molecule has 0 nitrogen and oxygen atoms in total. The quantitative estimate of drug-likeness (QED) is 0.222. The molecule has 3 heteroatoms. The molecule has 25 heavy (non-hydrogen) atoms. The predicted molar refractivity (Wildman–Crippen MR) is 122 cm³/mol. The van der Waals surface area contributed by atoms with Crippen molar-refractivity contribution >= 4 is 52.6 Å². The molecule has 0 saturated heterocycles. The fourth-order valence-electron chi connectivity index (χ4n) is 3.55. The van der Waals surface area contributed by atoms with E-state index in [0.29, 0.717) is 0 Å². The molecular formula is C22H23Br2P. The van der Waals surface area contributed by atoms with Crippen LogP contribution in [0.1, 0.15) is 12.8 Å². The Hall–Kier alpha value is -0.950. The number of benzene rings is 3. The molecule has 0 atom stereocenters. The minimum absolute atomic E-state index is 1.05. The molecule has 0 unspecified atom stereocenters. The normalized spacial score (nSPS) is 13.1. The molecule has 0 fully saturated rings. The van der Waals surface area contributed by atoms with E-state index in [9.17, 15) is 0 Å². The molecule has 0 heterocycles. The first-order chi connectivity index (χ1) is 12.2. The van der Waals surface area contributed by atoms with Crippen molar-refractivity contribution in [2.45, 2.75) is 12.8 Å². The summed E-state index contributed by atoms with van der Waals surface area (Å²) >= 11 is 8.07. The summed E-state index contributed by atoms with van der Waals surface area (Å²) in [6.07, 6.45) is 3.47. The third-order valence-corrected chi connectivity index (χ3v) is 15.4. The Labute approximate surface area is 167 Å². The molecule has 0 aliphatic heterocycles. The average Bonchev–Trinajstić information content (AvgIpc) is 2.70. The second-order valence-electron chi connectivity index (χ2n) is 6.31. The molecule has 3 aromatic rings. The van der Waals surface area contributed by atoms with Crippen LogP contribution in [0, 0.1) is 0 Å². The monoisotopic (exact) mass is 476 g/mol. The molecule has 0 spiro atoms. The SMILES string of the molecule is BrCCCCP(Br)(c1ccccc1)(c1ccccc1)c1ccccc1. The van der Waals surface area contributed by atoms with Gasteiger partial charge in [-0.25, -0.2) is 0 Å². The fraction of sp³-hybridized carbons (Fsp3) is 0.182. The van der Waals surface area contributed by atoms with Gasteiger partial charge in [0.1, 0.15) is 0 Å². The van der Waals surface area contributed by atoms with Gasteiger partial charge >= 0.3 is 168 Å². The molecule has 0 bridgehead atoms. The predicted octanol–water partition coefficient (Wildman–Crippen LogP) is 6.00. The zero-order valence-corrected chi connectivity index (χ0v) is 18.3. The molecule has 0 aliphatic rings. The Bertz CT molecular complexity index is 689.